The van der Waals surface area contributed by atoms with Gasteiger partial charge in [0, 0.05) is 11.6 Å². The Morgan fingerprint density at radius 1 is 1.17 bits per heavy atom. The molecule has 1 heterocycles. The minimum absolute atomic E-state index is 0.323. The molecule has 128 valence electrons. The van der Waals surface area contributed by atoms with Crippen LogP contribution in [0.25, 0.3) is 0 Å². The molecule has 0 radical (unpaired) electrons. The Morgan fingerprint density at radius 3 is 2.65 bits per heavy atom. The Hall–Kier alpha value is -1.05. The fraction of sp³-hybridized carbons (Fsp3) is 0.762. The molecule has 0 amide bonds. The van der Waals surface area contributed by atoms with Gasteiger partial charge >= 0.3 is 0 Å². The number of aliphatic imine (C=N–C) groups is 1. The van der Waals surface area contributed by atoms with E-state index in [1.54, 1.807) is 0 Å². The molecule has 2 aliphatic carbocycles. The highest BCUT2D eigenvalue weighted by Gasteiger charge is 2.38. The summed E-state index contributed by atoms with van der Waals surface area (Å²) in [6, 6.07) is 0. The molecule has 0 saturated heterocycles. The number of hydrogen-bond acceptors (Lipinski definition) is 2. The van der Waals surface area contributed by atoms with Crippen LogP contribution in [0.2, 0.25) is 0 Å². The van der Waals surface area contributed by atoms with Gasteiger partial charge in [-0.2, -0.15) is 0 Å². The van der Waals surface area contributed by atoms with E-state index >= 15 is 0 Å². The summed E-state index contributed by atoms with van der Waals surface area (Å²) in [6.07, 6.45) is 16.7. The van der Waals surface area contributed by atoms with E-state index in [0.29, 0.717) is 5.92 Å². The van der Waals surface area contributed by atoms with Crippen LogP contribution in [0.4, 0.5) is 0 Å². The topological polar surface area (TPSA) is 38.4 Å². The Bertz CT molecular complexity index is 502. The van der Waals surface area contributed by atoms with Crippen molar-refractivity contribution in [1.82, 2.24) is 0 Å². The predicted octanol–water partition coefficient (Wildman–Crippen LogP) is 5.31. The van der Waals surface area contributed by atoms with Gasteiger partial charge in [0.15, 0.2) is 0 Å². The lowest BCUT2D eigenvalue weighted by Gasteiger charge is -2.45. The SMILES string of the molecule is CC1=CC[C@@H](/C=C\C2CC(CC3CCCCC3C)C2C)C(N)=N1. The normalized spacial score (nSPS) is 41.3. The summed E-state index contributed by atoms with van der Waals surface area (Å²) in [7, 11) is 0. The monoisotopic (exact) mass is 314 g/mol. The summed E-state index contributed by atoms with van der Waals surface area (Å²) in [5.41, 5.74) is 7.13. The molecule has 2 N–H and O–H groups in total. The smallest absolute Gasteiger partial charge is 0.106 e. The molecule has 5 unspecified atom stereocenters. The molecular formula is C21H34N2. The highest BCUT2D eigenvalue weighted by Crippen LogP contribution is 2.47. The fourth-order valence-corrected chi connectivity index (χ4v) is 4.83. The van der Waals surface area contributed by atoms with Gasteiger partial charge in [0.25, 0.3) is 0 Å². The number of rotatable bonds is 4. The van der Waals surface area contributed by atoms with Crippen LogP contribution in [0, 0.1) is 35.5 Å². The van der Waals surface area contributed by atoms with Crippen LogP contribution >= 0.6 is 0 Å². The highest BCUT2D eigenvalue weighted by molar-refractivity contribution is 5.86. The van der Waals surface area contributed by atoms with Crippen molar-refractivity contribution < 1.29 is 0 Å². The minimum Gasteiger partial charge on any atom is -0.387 e. The van der Waals surface area contributed by atoms with E-state index in [4.69, 9.17) is 5.73 Å². The summed E-state index contributed by atoms with van der Waals surface area (Å²) in [4.78, 5) is 4.41. The van der Waals surface area contributed by atoms with Crippen molar-refractivity contribution in [2.24, 2.45) is 46.2 Å². The largest absolute Gasteiger partial charge is 0.387 e. The Balaban J connectivity index is 1.47. The van der Waals surface area contributed by atoms with Crippen LogP contribution < -0.4 is 5.73 Å². The first-order chi connectivity index (χ1) is 11.0. The summed E-state index contributed by atoms with van der Waals surface area (Å²) in [5.74, 6) is 5.63. The number of allylic oxidation sites excluding steroid dienone is 3. The maximum Gasteiger partial charge on any atom is 0.106 e. The number of nitrogens with zero attached hydrogens (tertiary/aromatic N) is 1. The fourth-order valence-electron chi connectivity index (χ4n) is 4.83. The predicted molar refractivity (Wildman–Crippen MR) is 99.1 cm³/mol. The molecule has 0 aromatic carbocycles. The first kappa shape index (κ1) is 16.8. The summed E-state index contributed by atoms with van der Waals surface area (Å²) < 4.78 is 0. The van der Waals surface area contributed by atoms with E-state index in [2.05, 4.69) is 37.1 Å². The van der Waals surface area contributed by atoms with Crippen LogP contribution in [0.5, 0.6) is 0 Å². The zero-order valence-corrected chi connectivity index (χ0v) is 15.2. The number of hydrogen-bond donors (Lipinski definition) is 1. The van der Waals surface area contributed by atoms with Gasteiger partial charge in [-0.3, -0.25) is 0 Å². The molecule has 3 aliphatic rings. The molecule has 23 heavy (non-hydrogen) atoms. The van der Waals surface area contributed by atoms with Crippen molar-refractivity contribution in [2.45, 2.75) is 65.7 Å². The average Bonchev–Trinajstić information content (AvgIpc) is 2.53. The molecule has 1 aliphatic heterocycles. The van der Waals surface area contributed by atoms with Crippen LogP contribution in [-0.4, -0.2) is 5.84 Å². The Morgan fingerprint density at radius 2 is 1.96 bits per heavy atom. The van der Waals surface area contributed by atoms with Crippen LogP contribution in [0.1, 0.15) is 65.7 Å². The lowest BCUT2D eigenvalue weighted by atomic mass is 9.60. The van der Waals surface area contributed by atoms with Crippen LogP contribution in [-0.2, 0) is 0 Å². The zero-order chi connectivity index (χ0) is 16.4. The number of nitrogens with two attached hydrogens (primary N) is 1. The second kappa shape index (κ2) is 7.23. The summed E-state index contributed by atoms with van der Waals surface area (Å²) >= 11 is 0. The van der Waals surface area contributed by atoms with Crippen molar-refractivity contribution in [2.75, 3.05) is 0 Å². The second-order valence-electron chi connectivity index (χ2n) is 8.39. The average molecular weight is 315 g/mol. The van der Waals surface area contributed by atoms with Gasteiger partial charge in [-0.1, -0.05) is 57.8 Å². The van der Waals surface area contributed by atoms with Gasteiger partial charge < -0.3 is 5.73 Å². The van der Waals surface area contributed by atoms with E-state index in [-0.39, 0.29) is 0 Å². The van der Waals surface area contributed by atoms with Crippen molar-refractivity contribution in [1.29, 1.82) is 0 Å². The molecule has 3 rings (SSSR count). The van der Waals surface area contributed by atoms with E-state index in [1.165, 1.54) is 38.5 Å². The first-order valence-corrected chi connectivity index (χ1v) is 9.73. The van der Waals surface area contributed by atoms with Gasteiger partial charge in [-0.05, 0) is 55.8 Å². The third kappa shape index (κ3) is 3.89. The number of amidine groups is 1. The molecule has 0 aromatic rings. The molecule has 2 nitrogen and oxygen atoms in total. The van der Waals surface area contributed by atoms with Gasteiger partial charge in [0.2, 0.25) is 0 Å². The zero-order valence-electron chi connectivity index (χ0n) is 15.2. The second-order valence-corrected chi connectivity index (χ2v) is 8.39. The van der Waals surface area contributed by atoms with Crippen LogP contribution in [0.3, 0.4) is 0 Å². The molecule has 6 atom stereocenters. The van der Waals surface area contributed by atoms with E-state index in [1.807, 2.05) is 6.92 Å². The third-order valence-corrected chi connectivity index (χ3v) is 6.83. The lowest BCUT2D eigenvalue weighted by Crippen LogP contribution is -2.36. The van der Waals surface area contributed by atoms with Crippen LogP contribution in [0.15, 0.2) is 28.9 Å². The molecule has 0 aromatic heterocycles. The van der Waals surface area contributed by atoms with Gasteiger partial charge in [-0.15, -0.1) is 0 Å². The van der Waals surface area contributed by atoms with Gasteiger partial charge in [0.1, 0.15) is 5.84 Å². The molecule has 2 saturated carbocycles. The van der Waals surface area contributed by atoms with E-state index < -0.39 is 0 Å². The Kier molecular flexibility index (Phi) is 5.28. The standard InChI is InChI=1S/C21H34N2/c1-14-6-4-5-7-18(14)12-20-13-19(16(20)3)11-10-17-9-8-15(2)23-21(17)22/h8,10-11,14,16-20H,4-7,9,12-13H2,1-3H3,(H2,22,23)/b11-10-/t14?,16?,17-,18?,19?,20?/m0/s1. The van der Waals surface area contributed by atoms with Crippen molar-refractivity contribution in [3.05, 3.63) is 23.9 Å². The van der Waals surface area contributed by atoms with E-state index in [0.717, 1.165) is 47.5 Å². The van der Waals surface area contributed by atoms with Crippen molar-refractivity contribution >= 4 is 5.84 Å². The molecular weight excluding hydrogens is 280 g/mol. The third-order valence-electron chi connectivity index (χ3n) is 6.83. The summed E-state index contributed by atoms with van der Waals surface area (Å²) in [6.45, 7) is 6.96. The molecule has 2 heteroatoms. The lowest BCUT2D eigenvalue weighted by molar-refractivity contribution is 0.0752. The molecule has 2 fully saturated rings. The maximum atomic E-state index is 6.07. The quantitative estimate of drug-likeness (QED) is 0.701. The van der Waals surface area contributed by atoms with E-state index in [9.17, 15) is 0 Å². The van der Waals surface area contributed by atoms with Gasteiger partial charge in [0.05, 0.1) is 0 Å². The first-order valence-electron chi connectivity index (χ1n) is 9.73. The molecule has 0 spiro atoms. The Labute approximate surface area is 142 Å². The maximum absolute atomic E-state index is 6.07. The summed E-state index contributed by atoms with van der Waals surface area (Å²) in [5, 5.41) is 0. The van der Waals surface area contributed by atoms with Crippen molar-refractivity contribution in [3.8, 4) is 0 Å². The van der Waals surface area contributed by atoms with Crippen molar-refractivity contribution in [3.63, 3.8) is 0 Å². The van der Waals surface area contributed by atoms with Gasteiger partial charge in [-0.25, -0.2) is 4.99 Å². The molecule has 0 bridgehead atoms. The highest BCUT2D eigenvalue weighted by atomic mass is 14.9. The minimum atomic E-state index is 0.323.